The second kappa shape index (κ2) is 7.28. The van der Waals surface area contributed by atoms with Gasteiger partial charge in [0.05, 0.1) is 0 Å². The highest BCUT2D eigenvalue weighted by molar-refractivity contribution is 5.35. The Labute approximate surface area is 117 Å². The average molecular weight is 261 g/mol. The van der Waals surface area contributed by atoms with Gasteiger partial charge >= 0.3 is 6.19 Å². The maximum Gasteiger partial charge on any atom is 0.344 e. The van der Waals surface area contributed by atoms with Gasteiger partial charge in [-0.2, -0.15) is 4.84 Å². The Morgan fingerprint density at radius 2 is 1.79 bits per heavy atom. The molecule has 0 aliphatic heterocycles. The zero-order valence-electron chi connectivity index (χ0n) is 12.6. The normalized spacial score (nSPS) is 13.8. The number of aryl methyl sites for hydroxylation is 1. The van der Waals surface area contributed by atoms with Crippen LogP contribution in [0, 0.1) is 11.5 Å². The predicted molar refractivity (Wildman–Crippen MR) is 76.9 cm³/mol. The topological polar surface area (TPSA) is 33.0 Å². The van der Waals surface area contributed by atoms with E-state index in [9.17, 15) is 5.26 Å². The van der Waals surface area contributed by atoms with Gasteiger partial charge in [-0.3, -0.25) is 0 Å². The Morgan fingerprint density at radius 1 is 1.11 bits per heavy atom. The van der Waals surface area contributed by atoms with Crippen molar-refractivity contribution in [3.8, 4) is 6.19 Å². The molecular formula is C16H25N2O+. The van der Waals surface area contributed by atoms with Crippen molar-refractivity contribution < 1.29 is 9.48 Å². The van der Waals surface area contributed by atoms with Crippen LogP contribution in [0.15, 0.2) is 18.2 Å². The van der Waals surface area contributed by atoms with Crippen LogP contribution in [0.2, 0.25) is 0 Å². The molecule has 19 heavy (non-hydrogen) atoms. The molecule has 0 aromatic heterocycles. The van der Waals surface area contributed by atoms with Crippen LogP contribution in [0.1, 0.15) is 44.4 Å². The van der Waals surface area contributed by atoms with Gasteiger partial charge in [-0.15, -0.1) is 5.26 Å². The van der Waals surface area contributed by atoms with Gasteiger partial charge in [-0.05, 0) is 37.8 Å². The molecule has 1 atom stereocenters. The lowest BCUT2D eigenvalue weighted by molar-refractivity contribution is -1.06. The fraction of sp³-hybridized carbons (Fsp3) is 0.562. The second-order valence-corrected chi connectivity index (χ2v) is 4.64. The molecule has 1 rings (SSSR count). The standard InChI is InChI=1S/C16H25N2O/c1-5-14-10-9-11-15(16(14)6-2)12-18(7-3,13-17)19-8-4/h9-11H,5-8,12H2,1-4H3/q+1. The van der Waals surface area contributed by atoms with E-state index in [0.29, 0.717) is 19.7 Å². The third kappa shape index (κ3) is 3.56. The molecule has 104 valence electrons. The summed E-state index contributed by atoms with van der Waals surface area (Å²) in [6, 6.07) is 6.38. The van der Waals surface area contributed by atoms with Crippen molar-refractivity contribution in [2.45, 2.75) is 47.1 Å². The first kappa shape index (κ1) is 15.7. The molecule has 1 unspecified atom stereocenters. The van der Waals surface area contributed by atoms with Crippen molar-refractivity contribution >= 4 is 0 Å². The van der Waals surface area contributed by atoms with E-state index in [2.05, 4.69) is 38.2 Å². The Bertz CT molecular complexity index is 451. The van der Waals surface area contributed by atoms with Crippen molar-refractivity contribution in [2.75, 3.05) is 13.2 Å². The zero-order chi connectivity index (χ0) is 14.3. The number of nitrogens with zero attached hydrogens (tertiary/aromatic N) is 2. The Balaban J connectivity index is 3.13. The van der Waals surface area contributed by atoms with Gasteiger partial charge in [-0.25, -0.2) is 0 Å². The van der Waals surface area contributed by atoms with E-state index in [4.69, 9.17) is 4.84 Å². The van der Waals surface area contributed by atoms with E-state index in [1.165, 1.54) is 16.7 Å². The molecule has 3 nitrogen and oxygen atoms in total. The molecule has 0 radical (unpaired) electrons. The number of nitriles is 1. The molecule has 0 bridgehead atoms. The molecule has 0 saturated heterocycles. The Morgan fingerprint density at radius 3 is 2.26 bits per heavy atom. The summed E-state index contributed by atoms with van der Waals surface area (Å²) in [6.07, 6.45) is 4.35. The first-order chi connectivity index (χ1) is 9.16. The molecular weight excluding hydrogens is 236 g/mol. The van der Waals surface area contributed by atoms with Gasteiger partial charge in [0.25, 0.3) is 0 Å². The summed E-state index contributed by atoms with van der Waals surface area (Å²) in [4.78, 5) is 5.68. The van der Waals surface area contributed by atoms with Crippen LogP contribution >= 0.6 is 0 Å². The number of benzene rings is 1. The molecule has 0 amide bonds. The van der Waals surface area contributed by atoms with Crippen molar-refractivity contribution in [1.29, 1.82) is 5.26 Å². The number of hydrogen-bond donors (Lipinski definition) is 0. The monoisotopic (exact) mass is 261 g/mol. The Kier molecular flexibility index (Phi) is 6.01. The molecule has 0 fully saturated rings. The summed E-state index contributed by atoms with van der Waals surface area (Å²) in [5, 5.41) is 9.46. The predicted octanol–water partition coefficient (Wildman–Crippen LogP) is 3.58. The van der Waals surface area contributed by atoms with Gasteiger partial charge in [0, 0.05) is 5.56 Å². The van der Waals surface area contributed by atoms with Crippen molar-refractivity contribution in [3.63, 3.8) is 0 Å². The number of rotatable bonds is 7. The molecule has 0 saturated carbocycles. The van der Waals surface area contributed by atoms with E-state index < -0.39 is 0 Å². The maximum absolute atomic E-state index is 9.46. The van der Waals surface area contributed by atoms with Gasteiger partial charge in [0.2, 0.25) is 0 Å². The smallest absolute Gasteiger partial charge is 0.187 e. The van der Waals surface area contributed by atoms with Gasteiger partial charge in [0.15, 0.2) is 6.54 Å². The van der Waals surface area contributed by atoms with E-state index in [-0.39, 0.29) is 4.65 Å². The summed E-state index contributed by atoms with van der Waals surface area (Å²) < 4.78 is 0.0384. The van der Waals surface area contributed by atoms with E-state index in [0.717, 1.165) is 12.8 Å². The quantitative estimate of drug-likeness (QED) is 0.427. The highest BCUT2D eigenvalue weighted by Crippen LogP contribution is 2.22. The first-order valence-electron chi connectivity index (χ1n) is 7.18. The number of quaternary nitrogens is 1. The van der Waals surface area contributed by atoms with E-state index in [1.807, 2.05) is 13.8 Å². The van der Waals surface area contributed by atoms with Crippen molar-refractivity contribution in [1.82, 2.24) is 0 Å². The summed E-state index contributed by atoms with van der Waals surface area (Å²) in [5.74, 6) is 0. The number of hydroxylamine groups is 3. The molecule has 3 heteroatoms. The van der Waals surface area contributed by atoms with Crippen LogP contribution in [-0.2, 0) is 24.2 Å². The van der Waals surface area contributed by atoms with Crippen molar-refractivity contribution in [2.24, 2.45) is 0 Å². The second-order valence-electron chi connectivity index (χ2n) is 4.64. The minimum Gasteiger partial charge on any atom is -0.187 e. The minimum absolute atomic E-state index is 0.0384. The highest BCUT2D eigenvalue weighted by Gasteiger charge is 2.29. The van der Waals surface area contributed by atoms with Crippen LogP contribution in [-0.4, -0.2) is 17.8 Å². The van der Waals surface area contributed by atoms with Crippen molar-refractivity contribution in [3.05, 3.63) is 34.9 Å². The van der Waals surface area contributed by atoms with Crippen LogP contribution in [0.5, 0.6) is 0 Å². The minimum atomic E-state index is 0.0384. The van der Waals surface area contributed by atoms with E-state index in [1.54, 1.807) is 0 Å². The third-order valence-corrected chi connectivity index (χ3v) is 3.60. The lowest BCUT2D eigenvalue weighted by Gasteiger charge is -2.26. The van der Waals surface area contributed by atoms with Crippen LogP contribution < -0.4 is 0 Å². The molecule has 1 aromatic rings. The largest absolute Gasteiger partial charge is 0.344 e. The molecule has 0 N–H and O–H groups in total. The Hall–Kier alpha value is -1.37. The van der Waals surface area contributed by atoms with Gasteiger partial charge in [-0.1, -0.05) is 36.7 Å². The lowest BCUT2D eigenvalue weighted by Crippen LogP contribution is -2.42. The molecule has 0 heterocycles. The fourth-order valence-corrected chi connectivity index (χ4v) is 2.53. The van der Waals surface area contributed by atoms with Crippen LogP contribution in [0.3, 0.4) is 0 Å². The molecule has 0 aliphatic rings. The first-order valence-corrected chi connectivity index (χ1v) is 7.18. The van der Waals surface area contributed by atoms with Gasteiger partial charge < -0.3 is 0 Å². The lowest BCUT2D eigenvalue weighted by atomic mass is 9.97. The van der Waals surface area contributed by atoms with E-state index >= 15 is 0 Å². The molecule has 0 spiro atoms. The summed E-state index contributed by atoms with van der Waals surface area (Å²) >= 11 is 0. The average Bonchev–Trinajstić information content (AvgIpc) is 2.46. The summed E-state index contributed by atoms with van der Waals surface area (Å²) in [6.45, 7) is 10.1. The SMILES string of the molecule is CCO[N+](C#N)(CC)Cc1cccc(CC)c1CC. The van der Waals surface area contributed by atoms with Crippen LogP contribution in [0.4, 0.5) is 0 Å². The molecule has 0 aliphatic carbocycles. The van der Waals surface area contributed by atoms with Gasteiger partial charge in [0.1, 0.15) is 13.2 Å². The summed E-state index contributed by atoms with van der Waals surface area (Å²) in [5.41, 5.74) is 3.98. The summed E-state index contributed by atoms with van der Waals surface area (Å²) in [7, 11) is 0. The maximum atomic E-state index is 9.46. The zero-order valence-corrected chi connectivity index (χ0v) is 12.6. The number of hydrogen-bond acceptors (Lipinski definition) is 2. The third-order valence-electron chi connectivity index (χ3n) is 3.60. The molecule has 1 aromatic carbocycles. The van der Waals surface area contributed by atoms with Crippen LogP contribution in [0.25, 0.3) is 0 Å². The highest BCUT2D eigenvalue weighted by atomic mass is 16.7. The fourth-order valence-electron chi connectivity index (χ4n) is 2.53.